The third kappa shape index (κ3) is 7.14. The summed E-state index contributed by atoms with van der Waals surface area (Å²) in [6.45, 7) is 0.649. The minimum Gasteiger partial charge on any atom is -0.493 e. The Labute approximate surface area is 253 Å². The fraction of sp³-hybridized carbons (Fsp3) is 0.235. The molecule has 10 heteroatoms. The number of hydrogen-bond donors (Lipinski definition) is 1. The third-order valence-corrected chi connectivity index (χ3v) is 7.31. The van der Waals surface area contributed by atoms with E-state index < -0.39 is 17.7 Å². The number of carbonyl (C=O) groups is 1. The van der Waals surface area contributed by atoms with Crippen LogP contribution in [0.25, 0.3) is 5.65 Å². The number of carbonyl (C=O) groups excluding carboxylic acids is 1. The van der Waals surface area contributed by atoms with Crippen LogP contribution in [0, 0.1) is 0 Å². The summed E-state index contributed by atoms with van der Waals surface area (Å²) < 4.78 is 59.4. The molecule has 7 nitrogen and oxygen atoms in total. The topological polar surface area (TPSA) is 74.1 Å². The lowest BCUT2D eigenvalue weighted by Gasteiger charge is -2.19. The van der Waals surface area contributed by atoms with E-state index in [1.54, 1.807) is 55.3 Å². The normalized spacial score (nSPS) is 12.1. The quantitative estimate of drug-likeness (QED) is 0.169. The predicted octanol–water partition coefficient (Wildman–Crippen LogP) is 6.83. The van der Waals surface area contributed by atoms with Crippen molar-refractivity contribution in [3.8, 4) is 17.2 Å². The van der Waals surface area contributed by atoms with Crippen LogP contribution in [0.3, 0.4) is 0 Å². The standard InChI is InChI=1S/C34H32F3N3O4/c1-42-29-14-13-23(18-31(29)43-2)15-16-38-32(41)20-27(25-10-6-11-26(19-25)34(35,36)37)28-21-39-33-30(12-7-17-40(28)33)44-22-24-8-4-3-5-9-24/h3-14,17-19,21,27H,15-16,20,22H2,1-2H3,(H,38,41). The van der Waals surface area contributed by atoms with E-state index in [1.807, 2.05) is 42.5 Å². The van der Waals surface area contributed by atoms with Crippen LogP contribution in [0.15, 0.2) is 97.3 Å². The summed E-state index contributed by atoms with van der Waals surface area (Å²) in [4.78, 5) is 17.8. The van der Waals surface area contributed by atoms with Crippen molar-refractivity contribution in [2.75, 3.05) is 20.8 Å². The summed E-state index contributed by atoms with van der Waals surface area (Å²) >= 11 is 0. The third-order valence-electron chi connectivity index (χ3n) is 7.31. The van der Waals surface area contributed by atoms with E-state index in [0.29, 0.717) is 53.7 Å². The molecule has 1 atom stereocenters. The van der Waals surface area contributed by atoms with Gasteiger partial charge in [-0.1, -0.05) is 54.6 Å². The van der Waals surface area contributed by atoms with Gasteiger partial charge in [0.15, 0.2) is 22.9 Å². The first kappa shape index (κ1) is 30.5. The van der Waals surface area contributed by atoms with Crippen LogP contribution >= 0.6 is 0 Å². The molecule has 1 amide bonds. The molecule has 1 unspecified atom stereocenters. The Balaban J connectivity index is 1.39. The molecule has 0 aliphatic carbocycles. The number of hydrogen-bond acceptors (Lipinski definition) is 5. The average molecular weight is 604 g/mol. The van der Waals surface area contributed by atoms with Crippen LogP contribution in [0.1, 0.15) is 40.3 Å². The number of aromatic nitrogens is 2. The number of benzene rings is 3. The zero-order valence-corrected chi connectivity index (χ0v) is 24.3. The number of nitrogens with one attached hydrogen (secondary N) is 1. The second-order valence-electron chi connectivity index (χ2n) is 10.2. The maximum absolute atomic E-state index is 13.7. The van der Waals surface area contributed by atoms with E-state index in [0.717, 1.165) is 23.3 Å². The number of fused-ring (bicyclic) bond motifs is 1. The zero-order valence-electron chi connectivity index (χ0n) is 24.3. The Morgan fingerprint density at radius 1 is 0.886 bits per heavy atom. The summed E-state index contributed by atoms with van der Waals surface area (Å²) in [5.74, 6) is 0.688. The minimum atomic E-state index is -4.53. The Morgan fingerprint density at radius 2 is 1.68 bits per heavy atom. The lowest BCUT2D eigenvalue weighted by atomic mass is 9.91. The van der Waals surface area contributed by atoms with Gasteiger partial charge in [-0.3, -0.25) is 4.79 Å². The molecule has 3 aromatic carbocycles. The lowest BCUT2D eigenvalue weighted by molar-refractivity contribution is -0.137. The van der Waals surface area contributed by atoms with Gasteiger partial charge in [-0.15, -0.1) is 0 Å². The van der Waals surface area contributed by atoms with Crippen LogP contribution in [0.5, 0.6) is 17.2 Å². The first-order valence-electron chi connectivity index (χ1n) is 14.0. The highest BCUT2D eigenvalue weighted by Gasteiger charge is 2.32. The maximum Gasteiger partial charge on any atom is 0.416 e. The van der Waals surface area contributed by atoms with Gasteiger partial charge >= 0.3 is 6.18 Å². The number of halogens is 3. The molecule has 0 aliphatic rings. The van der Waals surface area contributed by atoms with Gasteiger partial charge in [0.1, 0.15) is 6.61 Å². The largest absolute Gasteiger partial charge is 0.493 e. The van der Waals surface area contributed by atoms with Crippen molar-refractivity contribution in [1.82, 2.24) is 14.7 Å². The van der Waals surface area contributed by atoms with Crippen LogP contribution < -0.4 is 19.5 Å². The van der Waals surface area contributed by atoms with Crippen LogP contribution in [0.4, 0.5) is 13.2 Å². The summed E-state index contributed by atoms with van der Waals surface area (Å²) in [7, 11) is 3.11. The number of pyridine rings is 1. The molecular formula is C34H32F3N3O4. The van der Waals surface area contributed by atoms with Gasteiger partial charge in [-0.05, 0) is 53.4 Å². The van der Waals surface area contributed by atoms with E-state index in [-0.39, 0.29) is 12.3 Å². The number of nitrogens with zero attached hydrogens (tertiary/aromatic N) is 2. The Kier molecular flexibility index (Phi) is 9.38. The molecule has 2 aromatic heterocycles. The molecule has 5 rings (SSSR count). The molecule has 0 spiro atoms. The average Bonchev–Trinajstić information content (AvgIpc) is 3.47. The van der Waals surface area contributed by atoms with Crippen molar-refractivity contribution >= 4 is 11.6 Å². The molecule has 5 aromatic rings. The fourth-order valence-corrected chi connectivity index (χ4v) is 5.07. The van der Waals surface area contributed by atoms with E-state index in [4.69, 9.17) is 14.2 Å². The number of alkyl halides is 3. The van der Waals surface area contributed by atoms with Crippen molar-refractivity contribution in [2.45, 2.75) is 31.5 Å². The van der Waals surface area contributed by atoms with Crippen molar-refractivity contribution in [3.05, 3.63) is 125 Å². The van der Waals surface area contributed by atoms with Crippen LogP contribution in [0.2, 0.25) is 0 Å². The van der Waals surface area contributed by atoms with Crippen molar-refractivity contribution in [3.63, 3.8) is 0 Å². The fourth-order valence-electron chi connectivity index (χ4n) is 5.07. The Bertz CT molecular complexity index is 1720. The van der Waals surface area contributed by atoms with Gasteiger partial charge in [-0.2, -0.15) is 13.2 Å². The number of methoxy groups -OCH3 is 2. The first-order valence-corrected chi connectivity index (χ1v) is 14.0. The van der Waals surface area contributed by atoms with Crippen LogP contribution in [-0.2, 0) is 24.0 Å². The minimum absolute atomic E-state index is 0.0872. The molecule has 0 saturated carbocycles. The van der Waals surface area contributed by atoms with E-state index in [2.05, 4.69) is 10.3 Å². The number of amides is 1. The molecule has 0 saturated heterocycles. The van der Waals surface area contributed by atoms with E-state index in [1.165, 1.54) is 6.07 Å². The van der Waals surface area contributed by atoms with E-state index in [9.17, 15) is 18.0 Å². The van der Waals surface area contributed by atoms with Crippen molar-refractivity contribution in [2.24, 2.45) is 0 Å². The van der Waals surface area contributed by atoms with Gasteiger partial charge in [-0.25, -0.2) is 4.98 Å². The molecule has 228 valence electrons. The van der Waals surface area contributed by atoms with Gasteiger partial charge in [0, 0.05) is 31.3 Å². The van der Waals surface area contributed by atoms with Gasteiger partial charge in [0.2, 0.25) is 5.91 Å². The SMILES string of the molecule is COc1ccc(CCNC(=O)CC(c2cccc(C(F)(F)F)c2)c2cnc3c(OCc4ccccc4)cccn23)cc1OC. The maximum atomic E-state index is 13.7. The molecule has 0 bridgehead atoms. The summed E-state index contributed by atoms with van der Waals surface area (Å²) in [6, 6.07) is 23.8. The number of rotatable bonds is 12. The monoisotopic (exact) mass is 603 g/mol. The molecule has 0 radical (unpaired) electrons. The first-order chi connectivity index (χ1) is 21.3. The molecule has 0 fully saturated rings. The lowest BCUT2D eigenvalue weighted by Crippen LogP contribution is -2.27. The zero-order chi connectivity index (χ0) is 31.1. The highest BCUT2D eigenvalue weighted by atomic mass is 19.4. The summed E-state index contributed by atoms with van der Waals surface area (Å²) in [5, 5.41) is 2.91. The molecule has 44 heavy (non-hydrogen) atoms. The Hall–Kier alpha value is -4.99. The molecule has 2 heterocycles. The second kappa shape index (κ2) is 13.5. The highest BCUT2D eigenvalue weighted by Crippen LogP contribution is 2.35. The van der Waals surface area contributed by atoms with Crippen molar-refractivity contribution < 1.29 is 32.2 Å². The smallest absolute Gasteiger partial charge is 0.416 e. The number of imidazole rings is 1. The second-order valence-corrected chi connectivity index (χ2v) is 10.2. The molecular weight excluding hydrogens is 571 g/mol. The highest BCUT2D eigenvalue weighted by molar-refractivity contribution is 5.77. The Morgan fingerprint density at radius 3 is 2.43 bits per heavy atom. The van der Waals surface area contributed by atoms with Gasteiger partial charge in [0.25, 0.3) is 0 Å². The summed E-state index contributed by atoms with van der Waals surface area (Å²) in [5.41, 5.74) is 2.56. The van der Waals surface area contributed by atoms with E-state index >= 15 is 0 Å². The van der Waals surface area contributed by atoms with Gasteiger partial charge in [0.05, 0.1) is 25.5 Å². The van der Waals surface area contributed by atoms with Crippen molar-refractivity contribution in [1.29, 1.82) is 0 Å². The molecule has 0 aliphatic heterocycles. The molecule has 1 N–H and O–H groups in total. The van der Waals surface area contributed by atoms with Gasteiger partial charge < -0.3 is 23.9 Å². The predicted molar refractivity (Wildman–Crippen MR) is 160 cm³/mol. The summed E-state index contributed by atoms with van der Waals surface area (Å²) in [6.07, 6.45) is -0.733. The number of ether oxygens (including phenoxy) is 3. The van der Waals surface area contributed by atoms with Crippen LogP contribution in [-0.4, -0.2) is 36.1 Å².